The van der Waals surface area contributed by atoms with Crippen molar-refractivity contribution in [1.82, 2.24) is 0 Å². The summed E-state index contributed by atoms with van der Waals surface area (Å²) >= 11 is 1.34. The lowest BCUT2D eigenvalue weighted by Gasteiger charge is -2.10. The van der Waals surface area contributed by atoms with Gasteiger partial charge < -0.3 is 16.0 Å². The minimum Gasteiger partial charge on any atom is -0.409 e. The summed E-state index contributed by atoms with van der Waals surface area (Å²) in [4.78, 5) is 0.487. The van der Waals surface area contributed by atoms with Gasteiger partial charge in [-0.1, -0.05) is 12.1 Å². The molecule has 0 fully saturated rings. The van der Waals surface area contributed by atoms with Crippen LogP contribution in [0.15, 0.2) is 28.3 Å². The van der Waals surface area contributed by atoms with Crippen molar-refractivity contribution in [2.45, 2.75) is 23.5 Å². The number of rotatable bonds is 5. The van der Waals surface area contributed by atoms with E-state index < -0.39 is 5.82 Å². The molecule has 4 nitrogen and oxygen atoms in total. The third kappa shape index (κ3) is 3.90. The van der Waals surface area contributed by atoms with Crippen molar-refractivity contribution < 1.29 is 14.7 Å². The van der Waals surface area contributed by atoms with E-state index in [4.69, 9.17) is 16.0 Å². The Morgan fingerprint density at radius 3 is 2.82 bits per heavy atom. The van der Waals surface area contributed by atoms with Gasteiger partial charge in [-0.3, -0.25) is 0 Å². The van der Waals surface area contributed by atoms with Gasteiger partial charge in [0.05, 0.1) is 0 Å². The van der Waals surface area contributed by atoms with Crippen molar-refractivity contribution in [3.05, 3.63) is 29.6 Å². The molecule has 0 saturated carbocycles. The van der Waals surface area contributed by atoms with E-state index in [0.717, 1.165) is 0 Å². The highest BCUT2D eigenvalue weighted by Crippen LogP contribution is 2.28. The van der Waals surface area contributed by atoms with Crippen molar-refractivity contribution >= 4 is 17.6 Å². The third-order valence-corrected chi connectivity index (χ3v) is 3.42. The second kappa shape index (κ2) is 6.46. The Bertz CT molecular complexity index is 412. The average Bonchev–Trinajstić information content (AvgIpc) is 2.31. The molecule has 17 heavy (non-hydrogen) atoms. The van der Waals surface area contributed by atoms with Crippen LogP contribution < -0.4 is 5.73 Å². The topological polar surface area (TPSA) is 78.8 Å². The SMILES string of the molecule is CC(CCO)Sc1ccc(C(N)=NO)cc1F. The maximum Gasteiger partial charge on any atom is 0.170 e. The number of aliphatic hydroxyl groups is 1. The summed E-state index contributed by atoms with van der Waals surface area (Å²) in [5.41, 5.74) is 5.69. The Hall–Kier alpha value is -1.27. The normalized spacial score (nSPS) is 13.7. The molecule has 1 atom stereocenters. The van der Waals surface area contributed by atoms with Crippen LogP contribution in [0.4, 0.5) is 4.39 Å². The minimum atomic E-state index is -0.413. The Kier molecular flexibility index (Phi) is 5.24. The molecule has 0 heterocycles. The highest BCUT2D eigenvalue weighted by Gasteiger charge is 2.10. The van der Waals surface area contributed by atoms with Crippen molar-refractivity contribution in [3.8, 4) is 0 Å². The van der Waals surface area contributed by atoms with Crippen LogP contribution in [0.2, 0.25) is 0 Å². The molecular weight excluding hydrogens is 243 g/mol. The lowest BCUT2D eigenvalue weighted by molar-refractivity contribution is 0.289. The zero-order valence-electron chi connectivity index (χ0n) is 9.43. The van der Waals surface area contributed by atoms with Gasteiger partial charge in [-0.05, 0) is 24.6 Å². The lowest BCUT2D eigenvalue weighted by atomic mass is 10.2. The standard InChI is InChI=1S/C11H15FN2O2S/c1-7(4-5-15)17-10-3-2-8(6-9(10)12)11(13)14-16/h2-3,6-7,15-16H,4-5H2,1H3,(H2,13,14). The van der Waals surface area contributed by atoms with Crippen LogP contribution in [0.25, 0.3) is 0 Å². The average molecular weight is 258 g/mol. The molecule has 0 aliphatic carbocycles. The fourth-order valence-corrected chi connectivity index (χ4v) is 2.25. The van der Waals surface area contributed by atoms with E-state index in [9.17, 15) is 4.39 Å². The van der Waals surface area contributed by atoms with Crippen LogP contribution in [-0.4, -0.2) is 28.0 Å². The number of hydrogen-bond donors (Lipinski definition) is 3. The van der Waals surface area contributed by atoms with Gasteiger partial charge in [-0.15, -0.1) is 11.8 Å². The zero-order chi connectivity index (χ0) is 12.8. The molecule has 94 valence electrons. The van der Waals surface area contributed by atoms with Gasteiger partial charge in [0, 0.05) is 22.3 Å². The molecule has 0 aromatic heterocycles. The summed E-state index contributed by atoms with van der Waals surface area (Å²) in [7, 11) is 0. The number of benzene rings is 1. The molecule has 0 saturated heterocycles. The molecular formula is C11H15FN2O2S. The second-order valence-electron chi connectivity index (χ2n) is 3.57. The molecule has 0 amide bonds. The molecule has 1 aromatic rings. The van der Waals surface area contributed by atoms with E-state index in [2.05, 4.69) is 5.16 Å². The maximum absolute atomic E-state index is 13.7. The number of halogens is 1. The number of nitrogens with two attached hydrogens (primary N) is 1. The third-order valence-electron chi connectivity index (χ3n) is 2.20. The number of amidine groups is 1. The summed E-state index contributed by atoms with van der Waals surface area (Å²) in [6.07, 6.45) is 0.603. The zero-order valence-corrected chi connectivity index (χ0v) is 10.2. The summed E-state index contributed by atoms with van der Waals surface area (Å²) in [5, 5.41) is 20.2. The van der Waals surface area contributed by atoms with Gasteiger partial charge in [-0.2, -0.15) is 0 Å². The van der Waals surface area contributed by atoms with E-state index >= 15 is 0 Å². The Balaban J connectivity index is 2.83. The smallest absolute Gasteiger partial charge is 0.170 e. The number of aliphatic hydroxyl groups excluding tert-OH is 1. The van der Waals surface area contributed by atoms with Gasteiger partial charge in [0.1, 0.15) is 5.82 Å². The van der Waals surface area contributed by atoms with Crippen LogP contribution in [0, 0.1) is 5.82 Å². The largest absolute Gasteiger partial charge is 0.409 e. The van der Waals surface area contributed by atoms with Crippen LogP contribution >= 0.6 is 11.8 Å². The Morgan fingerprint density at radius 2 is 2.29 bits per heavy atom. The van der Waals surface area contributed by atoms with Crippen LogP contribution in [-0.2, 0) is 0 Å². The van der Waals surface area contributed by atoms with E-state index in [1.807, 2.05) is 6.92 Å². The Labute approximate surface area is 103 Å². The quantitative estimate of drug-likeness (QED) is 0.247. The molecule has 0 bridgehead atoms. The van der Waals surface area contributed by atoms with Gasteiger partial charge >= 0.3 is 0 Å². The van der Waals surface area contributed by atoms with Crippen LogP contribution in [0.1, 0.15) is 18.9 Å². The lowest BCUT2D eigenvalue weighted by Crippen LogP contribution is -2.13. The summed E-state index contributed by atoms with van der Waals surface area (Å²) in [6.45, 7) is 2.00. The van der Waals surface area contributed by atoms with E-state index in [0.29, 0.717) is 16.9 Å². The van der Waals surface area contributed by atoms with Crippen molar-refractivity contribution in [2.24, 2.45) is 10.9 Å². The van der Waals surface area contributed by atoms with Crippen molar-refractivity contribution in [2.75, 3.05) is 6.61 Å². The Morgan fingerprint density at radius 1 is 1.59 bits per heavy atom. The first-order valence-electron chi connectivity index (χ1n) is 5.13. The van der Waals surface area contributed by atoms with Crippen molar-refractivity contribution in [1.29, 1.82) is 0 Å². The van der Waals surface area contributed by atoms with Gasteiger partial charge in [-0.25, -0.2) is 4.39 Å². The van der Waals surface area contributed by atoms with E-state index in [-0.39, 0.29) is 17.7 Å². The van der Waals surface area contributed by atoms with E-state index in [1.165, 1.54) is 17.8 Å². The maximum atomic E-state index is 13.7. The highest BCUT2D eigenvalue weighted by molar-refractivity contribution is 8.00. The molecule has 1 aromatic carbocycles. The minimum absolute atomic E-state index is 0.0813. The molecule has 0 spiro atoms. The predicted molar refractivity (Wildman–Crippen MR) is 65.9 cm³/mol. The number of nitrogens with zero attached hydrogens (tertiary/aromatic N) is 1. The molecule has 0 radical (unpaired) electrons. The highest BCUT2D eigenvalue weighted by atomic mass is 32.2. The van der Waals surface area contributed by atoms with Crippen LogP contribution in [0.3, 0.4) is 0 Å². The number of oxime groups is 1. The molecule has 1 unspecified atom stereocenters. The first kappa shape index (κ1) is 13.8. The van der Waals surface area contributed by atoms with Gasteiger partial charge in [0.25, 0.3) is 0 Å². The molecule has 0 aliphatic heterocycles. The predicted octanol–water partition coefficient (Wildman–Crippen LogP) is 1.78. The number of hydrogen-bond acceptors (Lipinski definition) is 4. The monoisotopic (exact) mass is 258 g/mol. The molecule has 1 rings (SSSR count). The fraction of sp³-hybridized carbons (Fsp3) is 0.364. The summed E-state index contributed by atoms with van der Waals surface area (Å²) in [5.74, 6) is -0.534. The van der Waals surface area contributed by atoms with Crippen LogP contribution in [0.5, 0.6) is 0 Å². The van der Waals surface area contributed by atoms with Crippen molar-refractivity contribution in [3.63, 3.8) is 0 Å². The molecule has 6 heteroatoms. The van der Waals surface area contributed by atoms with Gasteiger partial charge in [0.15, 0.2) is 5.84 Å². The van der Waals surface area contributed by atoms with E-state index in [1.54, 1.807) is 12.1 Å². The summed E-state index contributed by atoms with van der Waals surface area (Å²) in [6, 6.07) is 4.40. The second-order valence-corrected chi connectivity index (χ2v) is 5.05. The first-order chi connectivity index (χ1) is 8.08. The first-order valence-corrected chi connectivity index (χ1v) is 6.01. The molecule has 4 N–H and O–H groups in total. The number of thioether (sulfide) groups is 1. The van der Waals surface area contributed by atoms with Gasteiger partial charge in [0.2, 0.25) is 0 Å². The summed E-state index contributed by atoms with van der Waals surface area (Å²) < 4.78 is 13.7. The fourth-order valence-electron chi connectivity index (χ4n) is 1.27. The molecule has 0 aliphatic rings.